The molecule has 140 valence electrons. The van der Waals surface area contributed by atoms with Crippen molar-refractivity contribution < 1.29 is 4.79 Å². The lowest BCUT2D eigenvalue weighted by Crippen LogP contribution is -2.27. The van der Waals surface area contributed by atoms with Crippen molar-refractivity contribution in [2.24, 2.45) is 7.05 Å². The number of carbonyl (C=O) groups is 1. The average molecular weight is 371 g/mol. The molecule has 0 aliphatic rings. The second-order valence-corrected chi connectivity index (χ2v) is 6.83. The van der Waals surface area contributed by atoms with Crippen LogP contribution < -0.4 is 5.32 Å². The Bertz CT molecular complexity index is 1150. The third-order valence-electron chi connectivity index (χ3n) is 4.75. The molecule has 6 nitrogen and oxygen atoms in total. The summed E-state index contributed by atoms with van der Waals surface area (Å²) in [7, 11) is 1.88. The number of nitrogens with one attached hydrogen (secondary N) is 1. The largest absolute Gasteiger partial charge is 0.345 e. The molecule has 4 aromatic rings. The summed E-state index contributed by atoms with van der Waals surface area (Å²) in [6, 6.07) is 15.0. The Morgan fingerprint density at radius 3 is 2.61 bits per heavy atom. The number of hydrogen-bond acceptors (Lipinski definition) is 4. The predicted octanol–water partition coefficient (Wildman–Crippen LogP) is 3.83. The third kappa shape index (κ3) is 3.36. The van der Waals surface area contributed by atoms with Gasteiger partial charge in [-0.15, -0.1) is 0 Å². The van der Waals surface area contributed by atoms with Gasteiger partial charge in [-0.05, 0) is 38.1 Å². The van der Waals surface area contributed by atoms with Crippen LogP contribution in [0.1, 0.15) is 34.6 Å². The molecule has 4 rings (SSSR count). The molecule has 1 unspecified atom stereocenters. The minimum atomic E-state index is -0.161. The highest BCUT2D eigenvalue weighted by molar-refractivity contribution is 6.07. The van der Waals surface area contributed by atoms with E-state index in [4.69, 9.17) is 0 Å². The summed E-state index contributed by atoms with van der Waals surface area (Å²) in [6.45, 7) is 3.91. The van der Waals surface area contributed by atoms with Gasteiger partial charge in [-0.3, -0.25) is 14.5 Å². The first kappa shape index (κ1) is 17.9. The summed E-state index contributed by atoms with van der Waals surface area (Å²) in [6.07, 6.45) is 3.66. The van der Waals surface area contributed by atoms with Gasteiger partial charge in [-0.25, -0.2) is 4.98 Å². The topological polar surface area (TPSA) is 72.7 Å². The smallest absolute Gasteiger partial charge is 0.252 e. The van der Waals surface area contributed by atoms with Crippen LogP contribution in [0.25, 0.3) is 22.3 Å². The van der Waals surface area contributed by atoms with Crippen molar-refractivity contribution in [1.29, 1.82) is 0 Å². The number of hydrogen-bond donors (Lipinski definition) is 1. The van der Waals surface area contributed by atoms with Gasteiger partial charge in [0.05, 0.1) is 34.2 Å². The fourth-order valence-corrected chi connectivity index (χ4v) is 3.40. The maximum absolute atomic E-state index is 13.2. The molecule has 0 spiro atoms. The van der Waals surface area contributed by atoms with Crippen LogP contribution >= 0.6 is 0 Å². The molecule has 3 heterocycles. The number of rotatable bonds is 4. The van der Waals surface area contributed by atoms with Crippen molar-refractivity contribution >= 4 is 16.8 Å². The number of nitrogens with zero attached hydrogens (tertiary/aromatic N) is 4. The first-order chi connectivity index (χ1) is 13.5. The van der Waals surface area contributed by atoms with E-state index in [1.54, 1.807) is 10.9 Å². The Morgan fingerprint density at radius 2 is 1.89 bits per heavy atom. The van der Waals surface area contributed by atoms with Crippen LogP contribution in [0.3, 0.4) is 0 Å². The van der Waals surface area contributed by atoms with Crippen molar-refractivity contribution in [2.45, 2.75) is 19.9 Å². The molecule has 0 aliphatic carbocycles. The van der Waals surface area contributed by atoms with E-state index in [0.29, 0.717) is 11.3 Å². The fourth-order valence-electron chi connectivity index (χ4n) is 3.40. The van der Waals surface area contributed by atoms with Crippen molar-refractivity contribution in [1.82, 2.24) is 25.1 Å². The highest BCUT2D eigenvalue weighted by atomic mass is 16.1. The number of para-hydroxylation sites is 1. The Morgan fingerprint density at radius 1 is 1.11 bits per heavy atom. The van der Waals surface area contributed by atoms with Crippen LogP contribution in [0.15, 0.2) is 60.9 Å². The zero-order valence-corrected chi connectivity index (χ0v) is 16.0. The predicted molar refractivity (Wildman–Crippen MR) is 109 cm³/mol. The van der Waals surface area contributed by atoms with Crippen LogP contribution in [-0.2, 0) is 7.05 Å². The van der Waals surface area contributed by atoms with E-state index in [0.717, 1.165) is 27.9 Å². The lowest BCUT2D eigenvalue weighted by atomic mass is 10.0. The zero-order chi connectivity index (χ0) is 19.7. The van der Waals surface area contributed by atoms with E-state index < -0.39 is 0 Å². The lowest BCUT2D eigenvalue weighted by Gasteiger charge is -2.15. The van der Waals surface area contributed by atoms with E-state index in [9.17, 15) is 4.79 Å². The molecule has 1 amide bonds. The van der Waals surface area contributed by atoms with Gasteiger partial charge in [0.15, 0.2) is 0 Å². The average Bonchev–Trinajstić information content (AvgIpc) is 3.06. The van der Waals surface area contributed by atoms with E-state index in [1.165, 1.54) is 0 Å². The maximum Gasteiger partial charge on any atom is 0.252 e. The van der Waals surface area contributed by atoms with Crippen molar-refractivity contribution in [3.05, 3.63) is 77.7 Å². The quantitative estimate of drug-likeness (QED) is 0.592. The van der Waals surface area contributed by atoms with E-state index in [-0.39, 0.29) is 11.9 Å². The van der Waals surface area contributed by atoms with Crippen molar-refractivity contribution in [2.75, 3.05) is 0 Å². The van der Waals surface area contributed by atoms with Gasteiger partial charge in [0.2, 0.25) is 0 Å². The van der Waals surface area contributed by atoms with Gasteiger partial charge in [0.1, 0.15) is 0 Å². The first-order valence-corrected chi connectivity index (χ1v) is 9.15. The van der Waals surface area contributed by atoms with E-state index in [1.807, 2.05) is 75.6 Å². The second-order valence-electron chi connectivity index (χ2n) is 6.83. The van der Waals surface area contributed by atoms with Crippen LogP contribution in [0.5, 0.6) is 0 Å². The third-order valence-corrected chi connectivity index (χ3v) is 4.75. The molecule has 6 heteroatoms. The van der Waals surface area contributed by atoms with Crippen LogP contribution in [0.4, 0.5) is 0 Å². The Hall–Kier alpha value is -3.54. The standard InChI is InChI=1S/C22H21N5O/c1-14(18-13-27(3)26-15(18)2)24-22(28)17-12-21(20-10-6-7-11-23-20)25-19-9-5-4-8-16(17)19/h4-14H,1-3H3,(H,24,28). The molecular formula is C22H21N5O. The molecule has 0 bridgehead atoms. The molecule has 0 aliphatic heterocycles. The monoisotopic (exact) mass is 371 g/mol. The van der Waals surface area contributed by atoms with Gasteiger partial charge < -0.3 is 5.32 Å². The molecule has 0 fully saturated rings. The Kier molecular flexibility index (Phi) is 4.61. The molecule has 1 N–H and O–H groups in total. The summed E-state index contributed by atoms with van der Waals surface area (Å²) < 4.78 is 1.76. The highest BCUT2D eigenvalue weighted by Gasteiger charge is 2.18. The Labute approximate surface area is 163 Å². The van der Waals surface area contributed by atoms with E-state index in [2.05, 4.69) is 20.4 Å². The fraction of sp³-hybridized carbons (Fsp3) is 0.182. The van der Waals surface area contributed by atoms with Crippen molar-refractivity contribution in [3.63, 3.8) is 0 Å². The summed E-state index contributed by atoms with van der Waals surface area (Å²) in [5.41, 5.74) is 4.66. The number of amides is 1. The summed E-state index contributed by atoms with van der Waals surface area (Å²) in [4.78, 5) is 22.2. The molecule has 3 aromatic heterocycles. The minimum Gasteiger partial charge on any atom is -0.345 e. The van der Waals surface area contributed by atoms with Crippen LogP contribution in [0.2, 0.25) is 0 Å². The normalized spacial score (nSPS) is 12.1. The highest BCUT2D eigenvalue weighted by Crippen LogP contribution is 2.25. The number of benzene rings is 1. The lowest BCUT2D eigenvalue weighted by molar-refractivity contribution is 0.0941. The first-order valence-electron chi connectivity index (χ1n) is 9.15. The summed E-state index contributed by atoms with van der Waals surface area (Å²) in [5.74, 6) is -0.147. The van der Waals surface area contributed by atoms with Gasteiger partial charge in [-0.1, -0.05) is 24.3 Å². The minimum absolute atomic E-state index is 0.147. The van der Waals surface area contributed by atoms with E-state index >= 15 is 0 Å². The molecule has 28 heavy (non-hydrogen) atoms. The van der Waals surface area contributed by atoms with Gasteiger partial charge in [-0.2, -0.15) is 5.10 Å². The molecule has 1 atom stereocenters. The number of carbonyl (C=O) groups excluding carboxylic acids is 1. The second kappa shape index (κ2) is 7.23. The summed E-state index contributed by atoms with van der Waals surface area (Å²) in [5, 5.41) is 8.27. The maximum atomic E-state index is 13.2. The zero-order valence-electron chi connectivity index (χ0n) is 16.0. The number of fused-ring (bicyclic) bond motifs is 1. The number of pyridine rings is 2. The number of aryl methyl sites for hydroxylation is 2. The Balaban J connectivity index is 1.74. The van der Waals surface area contributed by atoms with Crippen LogP contribution in [-0.4, -0.2) is 25.7 Å². The van der Waals surface area contributed by atoms with Crippen LogP contribution in [0, 0.1) is 6.92 Å². The molecule has 0 saturated carbocycles. The SMILES string of the molecule is Cc1nn(C)cc1C(C)NC(=O)c1cc(-c2ccccn2)nc2ccccc12. The van der Waals surface area contributed by atoms with Gasteiger partial charge in [0.25, 0.3) is 5.91 Å². The van der Waals surface area contributed by atoms with Crippen molar-refractivity contribution in [3.8, 4) is 11.4 Å². The van der Waals surface area contributed by atoms with Gasteiger partial charge >= 0.3 is 0 Å². The number of aromatic nitrogens is 4. The molecule has 1 aromatic carbocycles. The molecular weight excluding hydrogens is 350 g/mol. The molecule has 0 radical (unpaired) electrons. The summed E-state index contributed by atoms with van der Waals surface area (Å²) >= 11 is 0. The van der Waals surface area contributed by atoms with Gasteiger partial charge in [0, 0.05) is 30.4 Å². The molecule has 0 saturated heterocycles.